The number of nitrogen functional groups attached to an aromatic ring is 1. The van der Waals surface area contributed by atoms with Crippen molar-refractivity contribution >= 4 is 23.1 Å². The van der Waals surface area contributed by atoms with Gasteiger partial charge in [0, 0.05) is 23.5 Å². The van der Waals surface area contributed by atoms with Crippen molar-refractivity contribution in [1.82, 2.24) is 14.7 Å². The fourth-order valence-corrected chi connectivity index (χ4v) is 3.89. The molecule has 4 rings (SSSR count). The topological polar surface area (TPSA) is 87.9 Å². The number of hydrogen-bond donors (Lipinski definition) is 1. The van der Waals surface area contributed by atoms with Crippen LogP contribution in [0.25, 0.3) is 5.69 Å². The van der Waals surface area contributed by atoms with E-state index in [1.807, 2.05) is 11.0 Å². The first-order valence-corrected chi connectivity index (χ1v) is 8.74. The highest BCUT2D eigenvalue weighted by Crippen LogP contribution is 2.25. The highest BCUT2D eigenvalue weighted by Gasteiger charge is 2.22. The molecular weight excluding hydrogens is 334 g/mol. The Kier molecular flexibility index (Phi) is 3.75. The lowest BCUT2D eigenvalue weighted by atomic mass is 10.1. The van der Waals surface area contributed by atoms with Gasteiger partial charge < -0.3 is 10.6 Å². The number of benzene rings is 1. The van der Waals surface area contributed by atoms with Gasteiger partial charge >= 0.3 is 0 Å². The maximum Gasteiger partial charge on any atom is 0.254 e. The summed E-state index contributed by atoms with van der Waals surface area (Å²) < 4.78 is 1.49. The summed E-state index contributed by atoms with van der Waals surface area (Å²) in [5, 5.41) is 15.2. The third-order valence-corrected chi connectivity index (χ3v) is 5.40. The summed E-state index contributed by atoms with van der Waals surface area (Å²) in [7, 11) is 0. The van der Waals surface area contributed by atoms with Crippen molar-refractivity contribution in [2.45, 2.75) is 13.0 Å². The molecule has 0 saturated carbocycles. The van der Waals surface area contributed by atoms with E-state index in [-0.39, 0.29) is 5.91 Å². The van der Waals surface area contributed by atoms with Crippen molar-refractivity contribution in [3.8, 4) is 11.8 Å². The summed E-state index contributed by atoms with van der Waals surface area (Å²) in [4.78, 5) is 16.0. The lowest BCUT2D eigenvalue weighted by Gasteiger charge is -2.27. The minimum absolute atomic E-state index is 0.0227. The lowest BCUT2D eigenvalue weighted by molar-refractivity contribution is 0.0736. The molecule has 25 heavy (non-hydrogen) atoms. The van der Waals surface area contributed by atoms with Crippen LogP contribution in [0.3, 0.4) is 0 Å². The molecule has 0 unspecified atom stereocenters. The fraction of sp³-hybridized carbons (Fsp3) is 0.167. The largest absolute Gasteiger partial charge is 0.382 e. The smallest absolute Gasteiger partial charge is 0.254 e. The Hall–Kier alpha value is -3.11. The van der Waals surface area contributed by atoms with Gasteiger partial charge in [-0.05, 0) is 47.7 Å². The molecule has 0 saturated heterocycles. The number of nitriles is 1. The van der Waals surface area contributed by atoms with Crippen molar-refractivity contribution < 1.29 is 4.79 Å². The molecule has 0 fully saturated rings. The highest BCUT2D eigenvalue weighted by molar-refractivity contribution is 7.10. The van der Waals surface area contributed by atoms with E-state index in [9.17, 15) is 4.79 Å². The van der Waals surface area contributed by atoms with Crippen LogP contribution in [-0.2, 0) is 13.0 Å². The van der Waals surface area contributed by atoms with E-state index in [1.165, 1.54) is 21.3 Å². The van der Waals surface area contributed by atoms with Crippen LogP contribution in [0, 0.1) is 11.3 Å². The average Bonchev–Trinajstić information content (AvgIpc) is 3.26. The second kappa shape index (κ2) is 6.07. The van der Waals surface area contributed by atoms with Crippen molar-refractivity contribution in [2.75, 3.05) is 12.3 Å². The predicted molar refractivity (Wildman–Crippen MR) is 95.5 cm³/mol. The van der Waals surface area contributed by atoms with Crippen LogP contribution >= 0.6 is 11.3 Å². The quantitative estimate of drug-likeness (QED) is 0.770. The number of amides is 1. The van der Waals surface area contributed by atoms with E-state index in [4.69, 9.17) is 11.0 Å². The Balaban J connectivity index is 1.55. The van der Waals surface area contributed by atoms with Gasteiger partial charge in [-0.15, -0.1) is 11.3 Å². The van der Waals surface area contributed by atoms with Gasteiger partial charge in [0.25, 0.3) is 5.91 Å². The summed E-state index contributed by atoms with van der Waals surface area (Å²) in [6, 6.07) is 11.2. The summed E-state index contributed by atoms with van der Waals surface area (Å²) in [6.45, 7) is 1.41. The number of nitrogens with zero attached hydrogens (tertiary/aromatic N) is 4. The number of rotatable bonds is 2. The fourth-order valence-electron chi connectivity index (χ4n) is 3.00. The molecule has 7 heteroatoms. The Bertz CT molecular complexity index is 980. The molecular formula is C18H15N5OS. The van der Waals surface area contributed by atoms with Crippen molar-refractivity contribution in [3.63, 3.8) is 0 Å². The third kappa shape index (κ3) is 2.66. The summed E-state index contributed by atoms with van der Waals surface area (Å²) in [5.41, 5.74) is 8.83. The van der Waals surface area contributed by atoms with E-state index < -0.39 is 0 Å². The summed E-state index contributed by atoms with van der Waals surface area (Å²) in [6.07, 6.45) is 2.35. The van der Waals surface area contributed by atoms with Crippen molar-refractivity contribution in [3.05, 3.63) is 63.5 Å². The second-order valence-electron chi connectivity index (χ2n) is 5.86. The minimum atomic E-state index is 0.0227. The van der Waals surface area contributed by atoms with Gasteiger partial charge in [-0.2, -0.15) is 10.4 Å². The molecule has 0 bridgehead atoms. The molecule has 6 nitrogen and oxygen atoms in total. The molecule has 1 amide bonds. The molecule has 3 heterocycles. The molecule has 0 aliphatic carbocycles. The molecule has 1 aromatic carbocycles. The first-order chi connectivity index (χ1) is 12.2. The zero-order valence-corrected chi connectivity index (χ0v) is 14.2. The third-order valence-electron chi connectivity index (χ3n) is 4.38. The van der Waals surface area contributed by atoms with E-state index in [1.54, 1.807) is 35.6 Å². The molecule has 3 aromatic rings. The number of hydrogen-bond acceptors (Lipinski definition) is 5. The number of carbonyl (C=O) groups is 1. The number of thiophene rings is 1. The zero-order valence-electron chi connectivity index (χ0n) is 13.3. The first-order valence-electron chi connectivity index (χ1n) is 7.86. The SMILES string of the molecule is N#Cc1cnn(-c2ccc(C(=O)N3CCc4sccc4C3)cc2)c1N. The van der Waals surface area contributed by atoms with Gasteiger partial charge in [0.05, 0.1) is 11.9 Å². The monoisotopic (exact) mass is 349 g/mol. The van der Waals surface area contributed by atoms with Gasteiger partial charge in [0.2, 0.25) is 0 Å². The molecule has 1 aliphatic rings. The van der Waals surface area contributed by atoms with Crippen molar-refractivity contribution in [2.24, 2.45) is 0 Å². The van der Waals surface area contributed by atoms with Gasteiger partial charge in [0.1, 0.15) is 17.5 Å². The number of carbonyl (C=O) groups excluding carboxylic acids is 1. The lowest BCUT2D eigenvalue weighted by Crippen LogP contribution is -2.35. The molecule has 1 aliphatic heterocycles. The van der Waals surface area contributed by atoms with E-state index in [2.05, 4.69) is 16.5 Å². The Labute approximate surface area is 148 Å². The molecule has 0 spiro atoms. The van der Waals surface area contributed by atoms with Crippen LogP contribution in [0.1, 0.15) is 26.4 Å². The van der Waals surface area contributed by atoms with Crippen LogP contribution in [-0.4, -0.2) is 27.1 Å². The maximum absolute atomic E-state index is 12.7. The standard InChI is InChI=1S/C18H15N5OS/c19-9-14-10-21-23(17(14)20)15-3-1-12(2-4-15)18(24)22-7-5-16-13(11-22)6-8-25-16/h1-4,6,8,10H,5,7,11,20H2. The van der Waals surface area contributed by atoms with E-state index in [0.29, 0.717) is 29.2 Å². The molecule has 2 N–H and O–H groups in total. The predicted octanol–water partition coefficient (Wildman–Crippen LogP) is 2.59. The first kappa shape index (κ1) is 15.4. The summed E-state index contributed by atoms with van der Waals surface area (Å²) in [5.74, 6) is 0.317. The van der Waals surface area contributed by atoms with Crippen LogP contribution in [0.15, 0.2) is 41.9 Å². The van der Waals surface area contributed by atoms with Gasteiger partial charge in [0.15, 0.2) is 0 Å². The van der Waals surface area contributed by atoms with Crippen LogP contribution in [0.5, 0.6) is 0 Å². The van der Waals surface area contributed by atoms with Crippen LogP contribution in [0.4, 0.5) is 5.82 Å². The zero-order chi connectivity index (χ0) is 17.4. The van der Waals surface area contributed by atoms with Crippen LogP contribution < -0.4 is 5.73 Å². The number of anilines is 1. The Morgan fingerprint density at radius 2 is 2.08 bits per heavy atom. The summed E-state index contributed by atoms with van der Waals surface area (Å²) >= 11 is 1.76. The van der Waals surface area contributed by atoms with E-state index >= 15 is 0 Å². The van der Waals surface area contributed by atoms with E-state index in [0.717, 1.165) is 13.0 Å². The minimum Gasteiger partial charge on any atom is -0.382 e. The number of aromatic nitrogens is 2. The maximum atomic E-state index is 12.7. The number of nitrogens with two attached hydrogens (primary N) is 1. The number of fused-ring (bicyclic) bond motifs is 1. The second-order valence-corrected chi connectivity index (χ2v) is 6.86. The van der Waals surface area contributed by atoms with Gasteiger partial charge in [-0.25, -0.2) is 4.68 Å². The average molecular weight is 349 g/mol. The van der Waals surface area contributed by atoms with Gasteiger partial charge in [-0.1, -0.05) is 0 Å². The molecule has 0 radical (unpaired) electrons. The van der Waals surface area contributed by atoms with Gasteiger partial charge in [-0.3, -0.25) is 4.79 Å². The molecule has 2 aromatic heterocycles. The molecule has 124 valence electrons. The molecule has 0 atom stereocenters. The van der Waals surface area contributed by atoms with Crippen LogP contribution in [0.2, 0.25) is 0 Å². The Morgan fingerprint density at radius 1 is 1.28 bits per heavy atom. The van der Waals surface area contributed by atoms with Crippen molar-refractivity contribution in [1.29, 1.82) is 5.26 Å². The normalized spacial score (nSPS) is 13.3. The Morgan fingerprint density at radius 3 is 2.80 bits per heavy atom. The highest BCUT2D eigenvalue weighted by atomic mass is 32.1.